The fourth-order valence-electron chi connectivity index (χ4n) is 2.20. The molecule has 2 aromatic carbocycles. The van der Waals surface area contributed by atoms with Crippen molar-refractivity contribution < 1.29 is 13.2 Å². The largest absolute Gasteiger partial charge is 0.322 e. The van der Waals surface area contributed by atoms with Crippen LogP contribution in [0.1, 0.15) is 18.4 Å². The Morgan fingerprint density at radius 3 is 2.54 bits per heavy atom. The highest BCUT2D eigenvalue weighted by molar-refractivity contribution is 7.89. The van der Waals surface area contributed by atoms with Gasteiger partial charge in [-0.15, -0.1) is 0 Å². The number of halogens is 2. The minimum Gasteiger partial charge on any atom is -0.322 e. The van der Waals surface area contributed by atoms with Crippen LogP contribution >= 0.6 is 23.2 Å². The van der Waals surface area contributed by atoms with Crippen LogP contribution in [0.2, 0.25) is 10.0 Å². The first-order valence-electron chi connectivity index (χ1n) is 7.90. The first-order chi connectivity index (χ1) is 12.3. The number of amides is 1. The summed E-state index contributed by atoms with van der Waals surface area (Å²) >= 11 is 11.8. The zero-order valence-corrected chi connectivity index (χ0v) is 15.9. The molecule has 0 unspecified atom stereocenters. The highest BCUT2D eigenvalue weighted by Gasteiger charge is 2.28. The highest BCUT2D eigenvalue weighted by atomic mass is 35.5. The van der Waals surface area contributed by atoms with E-state index in [1.54, 1.807) is 36.4 Å². The second-order valence-electron chi connectivity index (χ2n) is 5.92. The lowest BCUT2D eigenvalue weighted by Crippen LogP contribution is -2.25. The number of carbonyl (C=O) groups is 1. The van der Waals surface area contributed by atoms with Crippen molar-refractivity contribution in [1.29, 1.82) is 0 Å². The Labute approximate surface area is 162 Å². The van der Waals surface area contributed by atoms with Crippen LogP contribution in [-0.4, -0.2) is 20.4 Å². The zero-order chi connectivity index (χ0) is 18.7. The number of anilines is 1. The Balaban J connectivity index is 1.68. The summed E-state index contributed by atoms with van der Waals surface area (Å²) in [5.41, 5.74) is 1.12. The molecule has 1 saturated carbocycles. The molecule has 1 fully saturated rings. The van der Waals surface area contributed by atoms with Gasteiger partial charge >= 0.3 is 0 Å². The Hall–Kier alpha value is -1.86. The summed E-state index contributed by atoms with van der Waals surface area (Å²) < 4.78 is 27.1. The SMILES string of the molecule is O=C(/C=C/c1ccc(Cl)c(Cl)c1)Nc1cccc(S(=O)(=O)NC2CC2)c1. The third-order valence-corrected chi connectivity index (χ3v) is 5.94. The van der Waals surface area contributed by atoms with Gasteiger partial charge in [-0.25, -0.2) is 13.1 Å². The van der Waals surface area contributed by atoms with Crippen molar-refractivity contribution in [2.75, 3.05) is 5.32 Å². The first kappa shape index (κ1) is 18.9. The summed E-state index contributed by atoms with van der Waals surface area (Å²) in [7, 11) is -3.57. The quantitative estimate of drug-likeness (QED) is 0.704. The normalized spacial score (nSPS) is 14.5. The van der Waals surface area contributed by atoms with E-state index < -0.39 is 10.0 Å². The van der Waals surface area contributed by atoms with E-state index in [2.05, 4.69) is 10.0 Å². The molecule has 136 valence electrons. The molecular formula is C18H16Cl2N2O3S. The molecule has 0 aromatic heterocycles. The molecule has 5 nitrogen and oxygen atoms in total. The predicted octanol–water partition coefficient (Wildman–Crippen LogP) is 4.09. The fourth-order valence-corrected chi connectivity index (χ4v) is 3.86. The Morgan fingerprint density at radius 2 is 1.85 bits per heavy atom. The number of nitrogens with one attached hydrogen (secondary N) is 2. The number of rotatable bonds is 6. The van der Waals surface area contributed by atoms with E-state index in [4.69, 9.17) is 23.2 Å². The lowest BCUT2D eigenvalue weighted by molar-refractivity contribution is -0.111. The van der Waals surface area contributed by atoms with Crippen molar-refractivity contribution in [2.45, 2.75) is 23.8 Å². The minimum absolute atomic E-state index is 0.0207. The first-order valence-corrected chi connectivity index (χ1v) is 10.1. The van der Waals surface area contributed by atoms with Crippen LogP contribution in [0, 0.1) is 0 Å². The maximum absolute atomic E-state index is 12.2. The molecule has 26 heavy (non-hydrogen) atoms. The molecule has 0 atom stereocenters. The Bertz CT molecular complexity index is 970. The Morgan fingerprint density at radius 1 is 1.08 bits per heavy atom. The van der Waals surface area contributed by atoms with Crippen LogP contribution in [0.5, 0.6) is 0 Å². The van der Waals surface area contributed by atoms with E-state index >= 15 is 0 Å². The third-order valence-electron chi connectivity index (χ3n) is 3.68. The highest BCUT2D eigenvalue weighted by Crippen LogP contribution is 2.24. The second-order valence-corrected chi connectivity index (χ2v) is 8.45. The van der Waals surface area contributed by atoms with E-state index in [9.17, 15) is 13.2 Å². The molecule has 1 aliphatic rings. The van der Waals surface area contributed by atoms with Crippen molar-refractivity contribution in [2.24, 2.45) is 0 Å². The van der Waals surface area contributed by atoms with Crippen molar-refractivity contribution in [3.8, 4) is 0 Å². The second kappa shape index (κ2) is 7.80. The molecule has 8 heteroatoms. The summed E-state index contributed by atoms with van der Waals surface area (Å²) in [6.45, 7) is 0. The fraction of sp³-hybridized carbons (Fsp3) is 0.167. The van der Waals surface area contributed by atoms with Crippen LogP contribution in [0.25, 0.3) is 6.08 Å². The number of hydrogen-bond donors (Lipinski definition) is 2. The maximum atomic E-state index is 12.2. The van der Waals surface area contributed by atoms with Gasteiger partial charge in [-0.3, -0.25) is 4.79 Å². The van der Waals surface area contributed by atoms with Crippen LogP contribution in [0.3, 0.4) is 0 Å². The topological polar surface area (TPSA) is 75.3 Å². The molecule has 3 rings (SSSR count). The molecule has 0 heterocycles. The smallest absolute Gasteiger partial charge is 0.248 e. The summed E-state index contributed by atoms with van der Waals surface area (Å²) in [6.07, 6.45) is 4.64. The van der Waals surface area contributed by atoms with Gasteiger partial charge in [-0.1, -0.05) is 35.3 Å². The molecule has 0 bridgehead atoms. The zero-order valence-electron chi connectivity index (χ0n) is 13.6. The number of hydrogen-bond acceptors (Lipinski definition) is 3. The molecule has 0 saturated heterocycles. The van der Waals surface area contributed by atoms with Gasteiger partial charge in [0.25, 0.3) is 0 Å². The number of carbonyl (C=O) groups excluding carboxylic acids is 1. The standard InChI is InChI=1S/C18H16Cl2N2O3S/c19-16-8-4-12(10-17(16)20)5-9-18(23)21-14-2-1-3-15(11-14)26(24,25)22-13-6-7-13/h1-5,8-11,13,22H,6-7H2,(H,21,23)/b9-5+. The monoisotopic (exact) mass is 410 g/mol. The van der Waals surface area contributed by atoms with Gasteiger partial charge < -0.3 is 5.32 Å². The molecule has 0 radical (unpaired) electrons. The lowest BCUT2D eigenvalue weighted by atomic mass is 10.2. The van der Waals surface area contributed by atoms with Crippen LogP contribution in [0.15, 0.2) is 53.4 Å². The Kier molecular flexibility index (Phi) is 5.67. The van der Waals surface area contributed by atoms with E-state index in [1.807, 2.05) is 0 Å². The van der Waals surface area contributed by atoms with E-state index in [0.717, 1.165) is 18.4 Å². The predicted molar refractivity (Wildman–Crippen MR) is 104 cm³/mol. The van der Waals surface area contributed by atoms with Crippen molar-refractivity contribution >= 4 is 50.9 Å². The molecule has 1 aliphatic carbocycles. The third kappa shape index (κ3) is 5.08. The van der Waals surface area contributed by atoms with Gasteiger partial charge in [0.15, 0.2) is 0 Å². The summed E-state index contributed by atoms with van der Waals surface area (Å²) in [6, 6.07) is 11.2. The average Bonchev–Trinajstić information content (AvgIpc) is 3.39. The van der Waals surface area contributed by atoms with Crippen LogP contribution < -0.4 is 10.0 Å². The van der Waals surface area contributed by atoms with Gasteiger partial charge in [0.2, 0.25) is 15.9 Å². The molecule has 2 aromatic rings. The van der Waals surface area contributed by atoms with E-state index in [0.29, 0.717) is 15.7 Å². The van der Waals surface area contributed by atoms with E-state index in [1.165, 1.54) is 18.2 Å². The number of benzene rings is 2. The minimum atomic E-state index is -3.57. The maximum Gasteiger partial charge on any atom is 0.248 e. The number of sulfonamides is 1. The van der Waals surface area contributed by atoms with Crippen molar-refractivity contribution in [3.63, 3.8) is 0 Å². The molecule has 1 amide bonds. The van der Waals surface area contributed by atoms with Gasteiger partial charge in [0.1, 0.15) is 0 Å². The van der Waals surface area contributed by atoms with Crippen molar-refractivity contribution in [1.82, 2.24) is 4.72 Å². The van der Waals surface area contributed by atoms with Gasteiger partial charge in [-0.2, -0.15) is 0 Å². The average molecular weight is 411 g/mol. The lowest BCUT2D eigenvalue weighted by Gasteiger charge is -2.08. The van der Waals surface area contributed by atoms with Crippen LogP contribution in [0.4, 0.5) is 5.69 Å². The molecule has 0 aliphatic heterocycles. The summed E-state index contributed by atoms with van der Waals surface area (Å²) in [5, 5.41) is 3.48. The molecular weight excluding hydrogens is 395 g/mol. The molecule has 0 spiro atoms. The summed E-state index contributed by atoms with van der Waals surface area (Å²) in [5.74, 6) is -0.388. The van der Waals surface area contributed by atoms with Crippen LogP contribution in [-0.2, 0) is 14.8 Å². The summed E-state index contributed by atoms with van der Waals surface area (Å²) in [4.78, 5) is 12.2. The van der Waals surface area contributed by atoms with Gasteiger partial charge in [0.05, 0.1) is 14.9 Å². The van der Waals surface area contributed by atoms with Gasteiger partial charge in [-0.05, 0) is 54.8 Å². The van der Waals surface area contributed by atoms with Gasteiger partial charge in [0, 0.05) is 17.8 Å². The van der Waals surface area contributed by atoms with E-state index in [-0.39, 0.29) is 16.8 Å². The molecule has 2 N–H and O–H groups in total. The van der Waals surface area contributed by atoms with Crippen molar-refractivity contribution in [3.05, 3.63) is 64.1 Å².